The fraction of sp³-hybridized carbons (Fsp3) is 0.706. The van der Waals surface area contributed by atoms with Crippen molar-refractivity contribution < 1.29 is 38.1 Å². The third kappa shape index (κ3) is 11.4. The summed E-state index contributed by atoms with van der Waals surface area (Å²) >= 11 is 0. The number of ether oxygens (including phenoxy) is 5. The van der Waals surface area contributed by atoms with Crippen LogP contribution < -0.4 is 16.3 Å². The van der Waals surface area contributed by atoms with Crippen LogP contribution in [0.15, 0.2) is 23.0 Å². The molecule has 3 heterocycles. The highest BCUT2D eigenvalue weighted by molar-refractivity contribution is 6.00. The van der Waals surface area contributed by atoms with Crippen molar-refractivity contribution in [3.63, 3.8) is 0 Å². The summed E-state index contributed by atoms with van der Waals surface area (Å²) in [5, 5.41) is 5.31. The maximum absolute atomic E-state index is 13.1. The smallest absolute Gasteiger partial charge is 0.407 e. The van der Waals surface area contributed by atoms with Gasteiger partial charge in [0.25, 0.3) is 0 Å². The summed E-state index contributed by atoms with van der Waals surface area (Å²) in [7, 11) is 1.71. The Bertz CT molecular complexity index is 1410. The number of alkyl carbamates (subject to hydrolysis) is 1. The molecule has 268 valence electrons. The average Bonchev–Trinajstić information content (AvgIpc) is 3.28. The minimum Gasteiger partial charge on any atom is -0.444 e. The van der Waals surface area contributed by atoms with Gasteiger partial charge in [-0.1, -0.05) is 12.1 Å². The first-order valence-electron chi connectivity index (χ1n) is 17.1. The third-order valence-electron chi connectivity index (χ3n) is 8.42. The molecule has 14 nitrogen and oxygen atoms in total. The van der Waals surface area contributed by atoms with Crippen molar-refractivity contribution in [1.29, 1.82) is 0 Å². The van der Waals surface area contributed by atoms with Crippen LogP contribution in [0.2, 0.25) is 0 Å². The van der Waals surface area contributed by atoms with Crippen molar-refractivity contribution in [2.45, 2.75) is 77.0 Å². The maximum Gasteiger partial charge on any atom is 0.407 e. The predicted molar refractivity (Wildman–Crippen MR) is 179 cm³/mol. The Morgan fingerprint density at radius 3 is 2.15 bits per heavy atom. The molecule has 1 unspecified atom stereocenters. The first kappa shape index (κ1) is 37.5. The number of aryl methyl sites for hydroxylation is 2. The fourth-order valence-electron chi connectivity index (χ4n) is 6.05. The van der Waals surface area contributed by atoms with E-state index in [1.165, 1.54) is 4.57 Å². The van der Waals surface area contributed by atoms with Crippen LogP contribution in [0.4, 0.5) is 4.79 Å². The van der Waals surface area contributed by atoms with E-state index in [0.717, 1.165) is 50.0 Å². The predicted octanol–water partition coefficient (Wildman–Crippen LogP) is 2.31. The number of hydrogen-bond acceptors (Lipinski definition) is 10. The van der Waals surface area contributed by atoms with E-state index < -0.39 is 17.6 Å². The molecule has 2 saturated heterocycles. The van der Waals surface area contributed by atoms with E-state index in [1.54, 1.807) is 11.6 Å². The van der Waals surface area contributed by atoms with Gasteiger partial charge in [-0.25, -0.2) is 9.59 Å². The first-order chi connectivity index (χ1) is 23.0. The van der Waals surface area contributed by atoms with Crippen LogP contribution in [0.5, 0.6) is 0 Å². The van der Waals surface area contributed by atoms with Crippen molar-refractivity contribution in [1.82, 2.24) is 24.7 Å². The molecule has 1 atom stereocenters. The number of imidazole rings is 1. The molecular weight excluding hydrogens is 622 g/mol. The number of para-hydroxylation sites is 1. The molecular formula is C34H53N5O9. The molecule has 2 aliphatic rings. The highest BCUT2D eigenvalue weighted by Crippen LogP contribution is 2.25. The van der Waals surface area contributed by atoms with Gasteiger partial charge in [0.1, 0.15) is 11.6 Å². The number of carbonyl (C=O) groups is 3. The molecule has 2 fully saturated rings. The summed E-state index contributed by atoms with van der Waals surface area (Å²) in [6, 6.07) is 5.18. The highest BCUT2D eigenvalue weighted by atomic mass is 16.6. The van der Waals surface area contributed by atoms with Gasteiger partial charge < -0.3 is 33.9 Å². The molecule has 1 aromatic carbocycles. The molecule has 0 radical (unpaired) electrons. The van der Waals surface area contributed by atoms with Crippen molar-refractivity contribution >= 4 is 28.9 Å². The molecule has 3 amide bonds. The third-order valence-corrected chi connectivity index (χ3v) is 8.42. The highest BCUT2D eigenvalue weighted by Gasteiger charge is 2.31. The summed E-state index contributed by atoms with van der Waals surface area (Å²) in [4.78, 5) is 51.4. The lowest BCUT2D eigenvalue weighted by Crippen LogP contribution is -2.46. The lowest BCUT2D eigenvalue weighted by Gasteiger charge is -2.32. The van der Waals surface area contributed by atoms with Crippen molar-refractivity contribution in [3.8, 4) is 0 Å². The molecule has 0 aliphatic carbocycles. The van der Waals surface area contributed by atoms with Crippen LogP contribution in [0.1, 0.15) is 64.5 Å². The fourth-order valence-corrected chi connectivity index (χ4v) is 6.05. The van der Waals surface area contributed by atoms with Crippen LogP contribution >= 0.6 is 0 Å². The first-order valence-corrected chi connectivity index (χ1v) is 17.1. The lowest BCUT2D eigenvalue weighted by atomic mass is 10.0. The second-order valence-electron chi connectivity index (χ2n) is 13.3. The molecule has 48 heavy (non-hydrogen) atoms. The summed E-state index contributed by atoms with van der Waals surface area (Å²) < 4.78 is 31.1. The minimum atomic E-state index is -0.695. The van der Waals surface area contributed by atoms with Gasteiger partial charge in [-0.15, -0.1) is 0 Å². The van der Waals surface area contributed by atoms with Crippen LogP contribution in [0.25, 0.3) is 11.0 Å². The number of fused-ring (bicyclic) bond motifs is 1. The molecule has 1 aromatic heterocycles. The number of nitrogens with zero attached hydrogens (tertiary/aromatic N) is 3. The number of rotatable bonds is 18. The van der Waals surface area contributed by atoms with Crippen molar-refractivity contribution in [2.75, 3.05) is 72.5 Å². The zero-order valence-electron chi connectivity index (χ0n) is 28.9. The van der Waals surface area contributed by atoms with E-state index in [0.29, 0.717) is 71.2 Å². The molecule has 2 N–H and O–H groups in total. The Morgan fingerprint density at radius 2 is 1.52 bits per heavy atom. The quantitative estimate of drug-likeness (QED) is 0.178. The zero-order chi connectivity index (χ0) is 34.5. The van der Waals surface area contributed by atoms with Crippen LogP contribution in [0, 0.1) is 0 Å². The van der Waals surface area contributed by atoms with Gasteiger partial charge in [0, 0.05) is 45.8 Å². The van der Waals surface area contributed by atoms with E-state index in [1.807, 2.05) is 39.0 Å². The Hall–Kier alpha value is -3.30. The summed E-state index contributed by atoms with van der Waals surface area (Å²) in [6.07, 6.45) is 3.46. The number of hydrogen-bond donors (Lipinski definition) is 2. The molecule has 0 spiro atoms. The van der Waals surface area contributed by atoms with E-state index in [2.05, 4.69) is 15.5 Å². The molecule has 14 heteroatoms. The number of imide groups is 1. The average molecular weight is 676 g/mol. The van der Waals surface area contributed by atoms with Gasteiger partial charge in [-0.3, -0.25) is 24.0 Å². The Morgan fingerprint density at radius 1 is 0.896 bits per heavy atom. The largest absolute Gasteiger partial charge is 0.444 e. The van der Waals surface area contributed by atoms with Gasteiger partial charge in [0.2, 0.25) is 11.8 Å². The number of nitrogens with one attached hydrogen (secondary N) is 2. The normalized spacial score (nSPS) is 18.0. The van der Waals surface area contributed by atoms with Crippen molar-refractivity contribution in [2.24, 2.45) is 7.05 Å². The number of likely N-dealkylation sites (tertiary alicyclic amines) is 1. The maximum atomic E-state index is 13.1. The Balaban J connectivity index is 0.984. The van der Waals surface area contributed by atoms with Gasteiger partial charge >= 0.3 is 11.8 Å². The Labute approximate surface area is 282 Å². The summed E-state index contributed by atoms with van der Waals surface area (Å²) in [5.41, 5.74) is 1.75. The number of amides is 3. The van der Waals surface area contributed by atoms with Crippen molar-refractivity contribution in [3.05, 3.63) is 34.2 Å². The monoisotopic (exact) mass is 675 g/mol. The minimum absolute atomic E-state index is 0.152. The molecule has 2 aliphatic heterocycles. The molecule has 0 saturated carbocycles. The lowest BCUT2D eigenvalue weighted by molar-refractivity contribution is -0.135. The number of carbonyl (C=O) groups excluding carboxylic acids is 3. The van der Waals surface area contributed by atoms with Crippen LogP contribution in [0.3, 0.4) is 0 Å². The second kappa shape index (κ2) is 18.5. The van der Waals surface area contributed by atoms with E-state index in [-0.39, 0.29) is 30.2 Å². The van der Waals surface area contributed by atoms with E-state index >= 15 is 0 Å². The van der Waals surface area contributed by atoms with Gasteiger partial charge in [-0.05, 0) is 64.5 Å². The Kier molecular flexibility index (Phi) is 14.4. The standard InChI is InChI=1S/C34H53N5O9/c1-34(2,3)48-32(42)35-26-12-14-38(15-13-26)16-18-45-20-22-47-24-23-46-21-19-44-17-6-8-25-7-5-9-27-30(25)37(4)33(43)39(27)28-10-11-29(40)36-31(28)41/h5,7,9,26,28H,6,8,10-24H2,1-4H3,(H,35,42)(H,36,40,41). The van der Waals surface area contributed by atoms with Gasteiger partial charge in [0.15, 0.2) is 0 Å². The van der Waals surface area contributed by atoms with Crippen LogP contribution in [-0.4, -0.2) is 116 Å². The summed E-state index contributed by atoms with van der Waals surface area (Å²) in [5.74, 6) is -0.743. The molecule has 0 bridgehead atoms. The van der Waals surface area contributed by atoms with Crippen LogP contribution in [-0.2, 0) is 46.7 Å². The second-order valence-corrected chi connectivity index (χ2v) is 13.3. The summed E-state index contributed by atoms with van der Waals surface area (Å²) in [6.45, 7) is 12.4. The van der Waals surface area contributed by atoms with Gasteiger partial charge in [-0.2, -0.15) is 0 Å². The molecule has 2 aromatic rings. The van der Waals surface area contributed by atoms with E-state index in [9.17, 15) is 19.2 Å². The zero-order valence-corrected chi connectivity index (χ0v) is 28.9. The molecule has 4 rings (SSSR count). The SMILES string of the molecule is Cn1c(=O)n(C2CCC(=O)NC2=O)c2cccc(CCCOCCOCCOCCOCCN3CCC(NC(=O)OC(C)(C)C)CC3)c21. The number of aromatic nitrogens is 2. The van der Waals surface area contributed by atoms with Gasteiger partial charge in [0.05, 0.1) is 57.3 Å². The number of benzene rings is 1. The number of piperidine rings is 2. The van der Waals surface area contributed by atoms with E-state index in [4.69, 9.17) is 23.7 Å². The topological polar surface area (TPSA) is 152 Å².